The molecule has 1 aliphatic carbocycles. The summed E-state index contributed by atoms with van der Waals surface area (Å²) in [5.74, 6) is -3.29. The first-order valence-corrected chi connectivity index (χ1v) is 28.7. The third-order valence-electron chi connectivity index (χ3n) is 15.7. The second-order valence-corrected chi connectivity index (χ2v) is 21.8. The molecule has 1 saturated heterocycles. The Balaban J connectivity index is 0.000000591. The van der Waals surface area contributed by atoms with Crippen molar-refractivity contribution in [2.45, 2.75) is 189 Å². The van der Waals surface area contributed by atoms with Crippen molar-refractivity contribution >= 4 is 11.4 Å². The Morgan fingerprint density at radius 2 is 1.20 bits per heavy atom. The molecule has 2 N–H and O–H groups in total. The van der Waals surface area contributed by atoms with Crippen LogP contribution in [0.3, 0.4) is 0 Å². The van der Waals surface area contributed by atoms with Crippen molar-refractivity contribution in [3.8, 4) is 22.3 Å². The number of hydrogen-bond acceptors (Lipinski definition) is 3. The Morgan fingerprint density at radius 3 is 1.68 bits per heavy atom. The van der Waals surface area contributed by atoms with Gasteiger partial charge < -0.3 is 15.5 Å². The number of nitrogens with zero attached hydrogens (tertiary/aromatic N) is 1. The van der Waals surface area contributed by atoms with E-state index < -0.39 is 11.8 Å². The monoisotopic (exact) mass is 1040 g/mol. The molecule has 1 heterocycles. The van der Waals surface area contributed by atoms with Gasteiger partial charge >= 0.3 is 0 Å². The van der Waals surface area contributed by atoms with Crippen LogP contribution in [0.2, 0.25) is 0 Å². The summed E-state index contributed by atoms with van der Waals surface area (Å²) in [6, 6.07) is 33.3. The molecular weight excluding hydrogens is 947 g/mol. The summed E-state index contributed by atoms with van der Waals surface area (Å²) in [4.78, 5) is 2.46. The van der Waals surface area contributed by atoms with Crippen LogP contribution in [0.5, 0.6) is 0 Å². The van der Waals surface area contributed by atoms with E-state index in [-0.39, 0.29) is 37.6 Å². The molecule has 0 radical (unpaired) electrons. The van der Waals surface area contributed by atoms with Crippen molar-refractivity contribution in [2.75, 3.05) is 17.2 Å². The normalized spacial score (nSPS) is 16.5. The number of anilines is 2. The highest BCUT2D eigenvalue weighted by Gasteiger charge is 2.31. The van der Waals surface area contributed by atoms with Crippen molar-refractivity contribution in [1.82, 2.24) is 4.90 Å². The van der Waals surface area contributed by atoms with Crippen molar-refractivity contribution in [1.29, 1.82) is 0 Å². The lowest BCUT2D eigenvalue weighted by Crippen LogP contribution is -2.33. The highest BCUT2D eigenvalue weighted by atomic mass is 19.3. The van der Waals surface area contributed by atoms with Crippen LogP contribution < -0.4 is 10.6 Å². The van der Waals surface area contributed by atoms with Crippen LogP contribution in [0.4, 0.5) is 28.9 Å². The molecule has 5 atom stereocenters. The lowest BCUT2D eigenvalue weighted by atomic mass is 9.80. The molecule has 0 amide bonds. The number of benzene rings is 4. The van der Waals surface area contributed by atoms with Gasteiger partial charge in [0, 0.05) is 72.5 Å². The molecule has 0 aromatic heterocycles. The molecular formula is C69H95F4N3. The van der Waals surface area contributed by atoms with E-state index in [1.54, 1.807) is 0 Å². The minimum Gasteiger partial charge on any atom is -0.366 e. The molecule has 0 spiro atoms. The van der Waals surface area contributed by atoms with E-state index in [0.717, 1.165) is 80.0 Å². The zero-order chi connectivity index (χ0) is 56.0. The molecule has 4 aromatic carbocycles. The number of allylic oxidation sites excluding steroid dienone is 7. The van der Waals surface area contributed by atoms with Gasteiger partial charge in [-0.15, -0.1) is 0 Å². The molecule has 1 aliphatic heterocycles. The zero-order valence-corrected chi connectivity index (χ0v) is 48.4. The summed E-state index contributed by atoms with van der Waals surface area (Å²) in [6.07, 6.45) is 17.8. The van der Waals surface area contributed by atoms with Gasteiger partial charge in [-0.3, -0.25) is 0 Å². The number of likely N-dealkylation sites (tertiary alicyclic amines) is 1. The Morgan fingerprint density at radius 1 is 0.684 bits per heavy atom. The number of hydrogen-bond donors (Lipinski definition) is 2. The Hall–Kier alpha value is -5.56. The maximum Gasteiger partial charge on any atom is 0.247 e. The summed E-state index contributed by atoms with van der Waals surface area (Å²) in [5, 5.41) is 7.53. The first kappa shape index (κ1) is 63.0. The van der Waals surface area contributed by atoms with Gasteiger partial charge in [0.15, 0.2) is 0 Å². The molecule has 0 bridgehead atoms. The standard InChI is InChI=1S/C55H67N3.2C7H14F2/c1-11-12-19-52(41(6)40(5)34-46-25-21-37(2)22-26-46)43(8)56-53-35-50(27-23-38(53)3)48-29-31-49(32-30-48)51-28-24-39(4)54(36-51)57-44(9)55-20-16-33-58(55)45(10)42(7)47-17-14-13-15-18-47;2*1-3-5-6-7(8,9)4-2/h13-15,17-18,21,23-32,35-37,41-42,52,55-57H,5,8-12,16,19-20,22,33-34H2,1-4,6-7H3;2*3-6H2,1-2H3/t37?,41?,42?,52-,55?;;/m1../s1. The fourth-order valence-electron chi connectivity index (χ4n) is 9.89. The van der Waals surface area contributed by atoms with Crippen LogP contribution in [0.1, 0.15) is 174 Å². The number of nitrogens with one attached hydrogen (secondary N) is 2. The lowest BCUT2D eigenvalue weighted by Gasteiger charge is -2.33. The van der Waals surface area contributed by atoms with Crippen LogP contribution >= 0.6 is 0 Å². The summed E-state index contributed by atoms with van der Waals surface area (Å²) < 4.78 is 49.4. The highest BCUT2D eigenvalue weighted by Crippen LogP contribution is 2.38. The SMILES string of the molecule is C=C(CC1=CCC(C)C=C1)C(C)[C@@H](CCCC)C(=C)Nc1cc(-c2ccc(-c3ccc(C)c(NC(=C)C4CCCN4C(=C)C(C)c4ccccc4)c3)cc2)ccc1C.CCCCC(F)(F)CC.CCCCC(F)(F)CC. The van der Waals surface area contributed by atoms with Gasteiger partial charge in [-0.25, -0.2) is 17.6 Å². The summed E-state index contributed by atoms with van der Waals surface area (Å²) in [7, 11) is 0. The van der Waals surface area contributed by atoms with E-state index in [1.807, 2.05) is 13.8 Å². The predicted molar refractivity (Wildman–Crippen MR) is 323 cm³/mol. The predicted octanol–water partition coefficient (Wildman–Crippen LogP) is 21.6. The molecule has 6 rings (SSSR count). The topological polar surface area (TPSA) is 27.3 Å². The third-order valence-corrected chi connectivity index (χ3v) is 15.7. The number of alkyl halides is 4. The maximum atomic E-state index is 12.3. The third kappa shape index (κ3) is 19.5. The van der Waals surface area contributed by atoms with Crippen LogP contribution in [0, 0.1) is 31.6 Å². The number of unbranched alkanes of at least 4 members (excludes halogenated alkanes) is 3. The van der Waals surface area contributed by atoms with Gasteiger partial charge in [0.2, 0.25) is 11.8 Å². The molecule has 414 valence electrons. The minimum atomic E-state index is -2.41. The van der Waals surface area contributed by atoms with Gasteiger partial charge in [-0.2, -0.15) is 0 Å². The second kappa shape index (κ2) is 31.0. The molecule has 3 nitrogen and oxygen atoms in total. The summed E-state index contributed by atoms with van der Waals surface area (Å²) in [6.45, 7) is 39.7. The van der Waals surface area contributed by atoms with Crippen LogP contribution in [0.15, 0.2) is 164 Å². The second-order valence-electron chi connectivity index (χ2n) is 21.8. The molecule has 2 aliphatic rings. The summed E-state index contributed by atoms with van der Waals surface area (Å²) >= 11 is 0. The Labute approximate surface area is 458 Å². The van der Waals surface area contributed by atoms with E-state index in [9.17, 15) is 17.6 Å². The van der Waals surface area contributed by atoms with E-state index >= 15 is 0 Å². The lowest BCUT2D eigenvalue weighted by molar-refractivity contribution is -0.0139. The zero-order valence-electron chi connectivity index (χ0n) is 48.4. The van der Waals surface area contributed by atoms with Crippen LogP contribution in [0.25, 0.3) is 22.3 Å². The van der Waals surface area contributed by atoms with Crippen molar-refractivity contribution in [3.63, 3.8) is 0 Å². The largest absolute Gasteiger partial charge is 0.366 e. The molecule has 7 heteroatoms. The number of aryl methyl sites for hydroxylation is 2. The number of halogens is 4. The molecule has 4 unspecified atom stereocenters. The molecule has 1 fully saturated rings. The average Bonchev–Trinajstić information content (AvgIpc) is 3.92. The van der Waals surface area contributed by atoms with Crippen molar-refractivity contribution in [2.24, 2.45) is 17.8 Å². The highest BCUT2D eigenvalue weighted by molar-refractivity contribution is 5.76. The smallest absolute Gasteiger partial charge is 0.247 e. The van der Waals surface area contributed by atoms with Gasteiger partial charge in [0.1, 0.15) is 0 Å². The fraction of sp³-hybridized carbons (Fsp3) is 0.478. The maximum absolute atomic E-state index is 12.3. The number of rotatable bonds is 26. The molecule has 4 aromatic rings. The minimum absolute atomic E-state index is 0.0208. The van der Waals surface area contributed by atoms with E-state index in [2.05, 4.69) is 193 Å². The van der Waals surface area contributed by atoms with Crippen molar-refractivity contribution < 1.29 is 17.6 Å². The fourth-order valence-corrected chi connectivity index (χ4v) is 9.89. The molecule has 76 heavy (non-hydrogen) atoms. The van der Waals surface area contributed by atoms with Crippen LogP contribution in [-0.4, -0.2) is 29.3 Å². The summed E-state index contributed by atoms with van der Waals surface area (Å²) in [5.41, 5.74) is 16.6. The van der Waals surface area contributed by atoms with Gasteiger partial charge in [0.25, 0.3) is 0 Å². The first-order valence-electron chi connectivity index (χ1n) is 28.7. The Kier molecular flexibility index (Phi) is 25.7. The van der Waals surface area contributed by atoms with E-state index in [1.165, 1.54) is 76.8 Å². The van der Waals surface area contributed by atoms with Gasteiger partial charge in [-0.05, 0) is 127 Å². The quantitative estimate of drug-likeness (QED) is 0.0485. The van der Waals surface area contributed by atoms with E-state index in [4.69, 9.17) is 0 Å². The Bertz CT molecular complexity index is 2500. The van der Waals surface area contributed by atoms with Crippen LogP contribution in [-0.2, 0) is 0 Å². The first-order chi connectivity index (χ1) is 36.2. The molecule has 0 saturated carbocycles. The van der Waals surface area contributed by atoms with Gasteiger partial charge in [0.05, 0.1) is 6.04 Å². The van der Waals surface area contributed by atoms with E-state index in [0.29, 0.717) is 30.6 Å². The average molecular weight is 1040 g/mol. The van der Waals surface area contributed by atoms with Gasteiger partial charge in [-0.1, -0.05) is 210 Å². The van der Waals surface area contributed by atoms with Crippen molar-refractivity contribution in [3.05, 3.63) is 180 Å².